The number of thiocarbonyl (C=S) groups is 1. The first-order valence-corrected chi connectivity index (χ1v) is 9.42. The van der Waals surface area contributed by atoms with Crippen molar-refractivity contribution in [3.8, 4) is 11.5 Å². The number of rotatable bonds is 6. The first-order valence-electron chi connectivity index (χ1n) is 9.01. The van der Waals surface area contributed by atoms with Crippen LogP contribution in [0.15, 0.2) is 53.5 Å². The van der Waals surface area contributed by atoms with Crippen molar-refractivity contribution < 1.29 is 19.4 Å². The number of hydrogen-bond acceptors (Lipinski definition) is 5. The fraction of sp³-hybridized carbons (Fsp3) is 0.286. The first kappa shape index (κ1) is 19.8. The Morgan fingerprint density at radius 1 is 1.25 bits per heavy atom. The molecule has 0 saturated heterocycles. The molecular weight excluding hydrogens is 376 g/mol. The topological polar surface area (TPSA) is 80.2 Å². The molecule has 28 heavy (non-hydrogen) atoms. The van der Waals surface area contributed by atoms with Crippen molar-refractivity contribution >= 4 is 29.0 Å². The Hall–Kier alpha value is -2.93. The number of carbonyl (C=O) groups is 1. The Bertz CT molecular complexity index is 899. The molecular formula is C21H22N2O4S. The maximum atomic E-state index is 12.9. The molecule has 1 aliphatic heterocycles. The summed E-state index contributed by atoms with van der Waals surface area (Å²) in [6.07, 6.45) is 0. The van der Waals surface area contributed by atoms with Gasteiger partial charge in [0.15, 0.2) is 16.6 Å². The van der Waals surface area contributed by atoms with Crippen LogP contribution in [0.2, 0.25) is 0 Å². The number of aromatic hydroxyl groups is 1. The van der Waals surface area contributed by atoms with Crippen LogP contribution in [-0.2, 0) is 16.1 Å². The summed E-state index contributed by atoms with van der Waals surface area (Å²) in [4.78, 5) is 17.1. The van der Waals surface area contributed by atoms with E-state index in [9.17, 15) is 9.90 Å². The van der Waals surface area contributed by atoms with E-state index in [1.807, 2.05) is 37.3 Å². The zero-order chi connectivity index (χ0) is 20.1. The van der Waals surface area contributed by atoms with Crippen LogP contribution in [0.25, 0.3) is 0 Å². The molecule has 1 heterocycles. The highest BCUT2D eigenvalue weighted by Gasteiger charge is 2.37. The minimum absolute atomic E-state index is 0.0394. The summed E-state index contributed by atoms with van der Waals surface area (Å²) < 4.78 is 11.0. The van der Waals surface area contributed by atoms with Crippen LogP contribution in [0.4, 0.5) is 0 Å². The quantitative estimate of drug-likeness (QED) is 0.572. The predicted molar refractivity (Wildman–Crippen MR) is 111 cm³/mol. The molecule has 146 valence electrons. The van der Waals surface area contributed by atoms with Crippen molar-refractivity contribution in [1.82, 2.24) is 5.32 Å². The van der Waals surface area contributed by atoms with E-state index >= 15 is 0 Å². The average Bonchev–Trinajstić information content (AvgIpc) is 2.68. The van der Waals surface area contributed by atoms with Gasteiger partial charge in [-0.1, -0.05) is 36.4 Å². The van der Waals surface area contributed by atoms with Crippen LogP contribution in [0, 0.1) is 5.92 Å². The second-order valence-corrected chi connectivity index (χ2v) is 6.80. The van der Waals surface area contributed by atoms with Crippen LogP contribution >= 0.6 is 12.2 Å². The number of nitrogens with zero attached hydrogens (tertiary/aromatic N) is 1. The van der Waals surface area contributed by atoms with Crippen LogP contribution in [-0.4, -0.2) is 28.5 Å². The fourth-order valence-electron chi connectivity index (χ4n) is 3.12. The third kappa shape index (κ3) is 4.48. The third-order valence-corrected chi connectivity index (χ3v) is 4.67. The van der Waals surface area contributed by atoms with Gasteiger partial charge in [-0.15, -0.1) is 0 Å². The van der Waals surface area contributed by atoms with E-state index < -0.39 is 17.9 Å². The molecule has 2 N–H and O–H groups in total. The van der Waals surface area contributed by atoms with Gasteiger partial charge < -0.3 is 19.9 Å². The molecule has 7 heteroatoms. The lowest BCUT2D eigenvalue weighted by molar-refractivity contribution is -0.148. The van der Waals surface area contributed by atoms with Gasteiger partial charge in [0.05, 0.1) is 12.6 Å². The number of benzene rings is 2. The molecule has 2 aromatic rings. The number of phenolic OH excluding ortho intramolecular Hbond substituents is 1. The van der Waals surface area contributed by atoms with Gasteiger partial charge in [0.25, 0.3) is 0 Å². The summed E-state index contributed by atoms with van der Waals surface area (Å²) in [5.74, 6) is -0.646. The molecule has 3 rings (SSSR count). The molecule has 2 aromatic carbocycles. The van der Waals surface area contributed by atoms with Crippen molar-refractivity contribution in [2.75, 3.05) is 6.61 Å². The molecule has 1 aliphatic rings. The van der Waals surface area contributed by atoms with E-state index in [1.165, 1.54) is 0 Å². The Labute approximate surface area is 169 Å². The second kappa shape index (κ2) is 8.84. The highest BCUT2D eigenvalue weighted by molar-refractivity contribution is 7.80. The fourth-order valence-corrected chi connectivity index (χ4v) is 3.39. The third-order valence-electron chi connectivity index (χ3n) is 4.46. The number of ether oxygens (including phenoxy) is 2. The molecule has 0 saturated carbocycles. The monoisotopic (exact) mass is 398 g/mol. The number of nitrogens with one attached hydrogen (secondary N) is 1. The summed E-state index contributed by atoms with van der Waals surface area (Å²) in [6, 6.07) is 14.0. The van der Waals surface area contributed by atoms with Crippen LogP contribution in [0.3, 0.4) is 0 Å². The SMILES string of the molecule is CCOc1cc(C2NC(=S)N=C(C)C2C(=O)OCc2ccccc2)ccc1O. The van der Waals surface area contributed by atoms with Crippen LogP contribution in [0.1, 0.15) is 31.0 Å². The summed E-state index contributed by atoms with van der Waals surface area (Å²) in [7, 11) is 0. The van der Waals surface area contributed by atoms with Crippen molar-refractivity contribution in [2.45, 2.75) is 26.5 Å². The van der Waals surface area contributed by atoms with Gasteiger partial charge in [0.2, 0.25) is 0 Å². The van der Waals surface area contributed by atoms with E-state index in [1.54, 1.807) is 25.1 Å². The largest absolute Gasteiger partial charge is 0.504 e. The van der Waals surface area contributed by atoms with Gasteiger partial charge in [0, 0.05) is 5.71 Å². The van der Waals surface area contributed by atoms with E-state index in [-0.39, 0.29) is 12.4 Å². The molecule has 0 spiro atoms. The van der Waals surface area contributed by atoms with Gasteiger partial charge in [-0.25, -0.2) is 4.99 Å². The summed E-state index contributed by atoms with van der Waals surface area (Å²) >= 11 is 5.22. The van der Waals surface area contributed by atoms with Gasteiger partial charge in [0.1, 0.15) is 12.5 Å². The van der Waals surface area contributed by atoms with Crippen molar-refractivity contribution in [3.05, 3.63) is 59.7 Å². The zero-order valence-corrected chi connectivity index (χ0v) is 16.5. The minimum atomic E-state index is -0.644. The number of aliphatic imine (C=N–C) groups is 1. The zero-order valence-electron chi connectivity index (χ0n) is 15.7. The standard InChI is InChI=1S/C21H22N2O4S/c1-3-26-17-11-15(9-10-16(17)24)19-18(13(2)22-21(28)23-19)20(25)27-12-14-7-5-4-6-8-14/h4-11,18-19,24H,3,12H2,1-2H3,(H,23,28). The molecule has 0 fully saturated rings. The normalized spacial score (nSPS) is 18.8. The smallest absolute Gasteiger partial charge is 0.317 e. The second-order valence-electron chi connectivity index (χ2n) is 6.41. The Balaban J connectivity index is 1.86. The molecule has 0 aliphatic carbocycles. The van der Waals surface area contributed by atoms with Crippen molar-refractivity contribution in [2.24, 2.45) is 10.9 Å². The predicted octanol–water partition coefficient (Wildman–Crippen LogP) is 3.54. The maximum absolute atomic E-state index is 12.9. The number of phenols is 1. The lowest BCUT2D eigenvalue weighted by Crippen LogP contribution is -2.44. The Morgan fingerprint density at radius 3 is 2.71 bits per heavy atom. The lowest BCUT2D eigenvalue weighted by atomic mass is 9.88. The summed E-state index contributed by atoms with van der Waals surface area (Å²) in [5.41, 5.74) is 2.24. The highest BCUT2D eigenvalue weighted by Crippen LogP contribution is 2.34. The first-order chi connectivity index (χ1) is 13.5. The molecule has 0 radical (unpaired) electrons. The van der Waals surface area contributed by atoms with E-state index in [0.29, 0.717) is 23.2 Å². The number of hydrogen-bond donors (Lipinski definition) is 2. The number of carbonyl (C=O) groups excluding carboxylic acids is 1. The highest BCUT2D eigenvalue weighted by atomic mass is 32.1. The van der Waals surface area contributed by atoms with Crippen LogP contribution < -0.4 is 10.1 Å². The summed E-state index contributed by atoms with van der Waals surface area (Å²) in [6.45, 7) is 4.19. The van der Waals surface area contributed by atoms with Gasteiger partial charge in [-0.3, -0.25) is 4.79 Å². The summed E-state index contributed by atoms with van der Waals surface area (Å²) in [5, 5.41) is 13.4. The average molecular weight is 398 g/mol. The van der Waals surface area contributed by atoms with Crippen molar-refractivity contribution in [3.63, 3.8) is 0 Å². The van der Waals surface area contributed by atoms with Gasteiger partial charge in [-0.2, -0.15) is 0 Å². The van der Waals surface area contributed by atoms with Gasteiger partial charge in [-0.05, 0) is 49.3 Å². The van der Waals surface area contributed by atoms with E-state index in [4.69, 9.17) is 21.7 Å². The van der Waals surface area contributed by atoms with E-state index in [0.717, 1.165) is 11.1 Å². The molecule has 6 nitrogen and oxygen atoms in total. The Kier molecular flexibility index (Phi) is 6.26. The van der Waals surface area contributed by atoms with Crippen LogP contribution in [0.5, 0.6) is 11.5 Å². The minimum Gasteiger partial charge on any atom is -0.504 e. The Morgan fingerprint density at radius 2 is 2.00 bits per heavy atom. The van der Waals surface area contributed by atoms with Crippen molar-refractivity contribution in [1.29, 1.82) is 0 Å². The molecule has 0 amide bonds. The lowest BCUT2D eigenvalue weighted by Gasteiger charge is -2.31. The molecule has 0 aromatic heterocycles. The molecule has 2 atom stereocenters. The molecule has 2 unspecified atom stereocenters. The van der Waals surface area contributed by atoms with Gasteiger partial charge >= 0.3 is 5.97 Å². The maximum Gasteiger partial charge on any atom is 0.317 e. The molecule has 0 bridgehead atoms. The van der Waals surface area contributed by atoms with E-state index in [2.05, 4.69) is 10.3 Å². The number of esters is 1.